The lowest BCUT2D eigenvalue weighted by Gasteiger charge is -2.09. The van der Waals surface area contributed by atoms with Crippen molar-refractivity contribution in [1.82, 2.24) is 5.43 Å². The second-order valence-electron chi connectivity index (χ2n) is 9.24. The van der Waals surface area contributed by atoms with Crippen molar-refractivity contribution in [2.75, 3.05) is 11.8 Å². The number of carbonyl (C=O) groups is 2. The molecule has 9 nitrogen and oxygen atoms in total. The quantitative estimate of drug-likeness (QED) is 0.0810. The lowest BCUT2D eigenvalue weighted by atomic mass is 10.2. The lowest BCUT2D eigenvalue weighted by Crippen LogP contribution is -2.18. The number of esters is 1. The minimum Gasteiger partial charge on any atom is -0.493 e. The number of ether oxygens (including phenoxy) is 2. The average molecular weight is 634 g/mol. The number of benzene rings is 4. The molecule has 43 heavy (non-hydrogen) atoms. The molecule has 0 unspecified atom stereocenters. The van der Waals surface area contributed by atoms with E-state index in [1.54, 1.807) is 30.3 Å². The lowest BCUT2D eigenvalue weighted by molar-refractivity contribution is 0.0734. The molecule has 2 N–H and O–H groups in total. The van der Waals surface area contributed by atoms with E-state index in [1.807, 2.05) is 31.2 Å². The maximum absolute atomic E-state index is 12.8. The first-order chi connectivity index (χ1) is 20.6. The van der Waals surface area contributed by atoms with Crippen LogP contribution in [0, 0.1) is 6.92 Å². The van der Waals surface area contributed by atoms with Crippen LogP contribution in [0.5, 0.6) is 11.5 Å². The van der Waals surface area contributed by atoms with Crippen LogP contribution in [0.3, 0.4) is 0 Å². The Morgan fingerprint density at radius 2 is 1.65 bits per heavy atom. The van der Waals surface area contributed by atoms with E-state index in [0.29, 0.717) is 16.3 Å². The average Bonchev–Trinajstić information content (AvgIpc) is 3.34. The van der Waals surface area contributed by atoms with Crippen molar-refractivity contribution >= 4 is 66.8 Å². The number of amides is 1. The minimum atomic E-state index is -3.76. The molecule has 0 saturated heterocycles. The van der Waals surface area contributed by atoms with Crippen LogP contribution in [-0.4, -0.2) is 33.6 Å². The van der Waals surface area contributed by atoms with Gasteiger partial charge in [0.15, 0.2) is 11.5 Å². The molecule has 0 aliphatic heterocycles. The third-order valence-corrected chi connectivity index (χ3v) is 9.27. The number of fused-ring (bicyclic) bond motifs is 1. The summed E-state index contributed by atoms with van der Waals surface area (Å²) in [6, 6.07) is 24.6. The molecule has 1 aromatic heterocycles. The summed E-state index contributed by atoms with van der Waals surface area (Å²) in [6.45, 7) is 1.87. The number of hydrogen-bond donors (Lipinski definition) is 2. The molecule has 0 aliphatic carbocycles. The van der Waals surface area contributed by atoms with Gasteiger partial charge >= 0.3 is 5.97 Å². The summed E-state index contributed by atoms with van der Waals surface area (Å²) in [7, 11) is -2.33. The van der Waals surface area contributed by atoms with Gasteiger partial charge in [-0.1, -0.05) is 47.5 Å². The van der Waals surface area contributed by atoms with Crippen LogP contribution in [0.4, 0.5) is 5.69 Å². The molecule has 0 aliphatic rings. The number of hydrogen-bond acceptors (Lipinski definition) is 8. The van der Waals surface area contributed by atoms with Gasteiger partial charge in [0.2, 0.25) is 0 Å². The highest BCUT2D eigenvalue weighted by atomic mass is 35.5. The number of methoxy groups -OCH3 is 1. The van der Waals surface area contributed by atoms with Crippen molar-refractivity contribution < 1.29 is 27.5 Å². The van der Waals surface area contributed by atoms with Crippen molar-refractivity contribution in [3.05, 3.63) is 118 Å². The smallest absolute Gasteiger partial charge is 0.355 e. The topological polar surface area (TPSA) is 123 Å². The van der Waals surface area contributed by atoms with Gasteiger partial charge in [-0.25, -0.2) is 18.6 Å². The van der Waals surface area contributed by atoms with Crippen molar-refractivity contribution in [1.29, 1.82) is 0 Å². The van der Waals surface area contributed by atoms with Crippen molar-refractivity contribution in [3.8, 4) is 11.5 Å². The largest absolute Gasteiger partial charge is 0.493 e. The van der Waals surface area contributed by atoms with Gasteiger partial charge in [-0.05, 0) is 73.2 Å². The van der Waals surface area contributed by atoms with Crippen LogP contribution in [0.25, 0.3) is 10.1 Å². The fourth-order valence-corrected chi connectivity index (χ4v) is 6.43. The van der Waals surface area contributed by atoms with Crippen molar-refractivity contribution in [3.63, 3.8) is 0 Å². The fourth-order valence-electron chi connectivity index (χ4n) is 3.99. The van der Waals surface area contributed by atoms with Gasteiger partial charge in [0.25, 0.3) is 15.9 Å². The Labute approximate surface area is 256 Å². The fraction of sp³-hybridized carbons (Fsp3) is 0.0645. The highest BCUT2D eigenvalue weighted by molar-refractivity contribution is 7.92. The highest BCUT2D eigenvalue weighted by Crippen LogP contribution is 2.37. The summed E-state index contributed by atoms with van der Waals surface area (Å²) >= 11 is 7.65. The first-order valence-electron chi connectivity index (χ1n) is 12.7. The number of carbonyl (C=O) groups excluding carboxylic acids is 2. The molecule has 0 saturated carbocycles. The monoisotopic (exact) mass is 633 g/mol. The van der Waals surface area contributed by atoms with E-state index in [1.165, 1.54) is 61.1 Å². The predicted molar refractivity (Wildman–Crippen MR) is 168 cm³/mol. The second-order valence-corrected chi connectivity index (χ2v) is 12.3. The van der Waals surface area contributed by atoms with Crippen LogP contribution in [0.15, 0.2) is 101 Å². The van der Waals surface area contributed by atoms with Gasteiger partial charge in [-0.3, -0.25) is 9.52 Å². The maximum atomic E-state index is 12.8. The highest BCUT2D eigenvalue weighted by Gasteiger charge is 2.20. The summed E-state index contributed by atoms with van der Waals surface area (Å²) in [6.07, 6.45) is 1.40. The number of rotatable bonds is 9. The summed E-state index contributed by atoms with van der Waals surface area (Å²) in [5.41, 5.74) is 4.52. The Morgan fingerprint density at radius 1 is 0.930 bits per heavy atom. The molecule has 0 spiro atoms. The van der Waals surface area contributed by atoms with E-state index < -0.39 is 21.9 Å². The zero-order valence-corrected chi connectivity index (χ0v) is 25.2. The van der Waals surface area contributed by atoms with Gasteiger partial charge in [-0.2, -0.15) is 5.10 Å². The third kappa shape index (κ3) is 6.86. The minimum absolute atomic E-state index is 0.137. The molecule has 1 heterocycles. The molecular formula is C31H24ClN3O6S2. The molecule has 1 amide bonds. The van der Waals surface area contributed by atoms with E-state index in [9.17, 15) is 18.0 Å². The van der Waals surface area contributed by atoms with Crippen LogP contribution >= 0.6 is 22.9 Å². The molecule has 4 aromatic carbocycles. The second kappa shape index (κ2) is 12.7. The first-order valence-corrected chi connectivity index (χ1v) is 15.4. The SMILES string of the molecule is COc1cc(/C=N\NC(=O)c2ccc(NS(=O)(=O)c3ccc(C)cc3)cc2)ccc1OC(=O)c1sc2ccccc2c1Cl. The number of halogens is 1. The normalized spacial score (nSPS) is 11.4. The number of hydrazone groups is 1. The van der Waals surface area contributed by atoms with Crippen LogP contribution in [-0.2, 0) is 10.0 Å². The Morgan fingerprint density at radius 3 is 2.35 bits per heavy atom. The summed E-state index contributed by atoms with van der Waals surface area (Å²) in [5.74, 6) is -0.626. The number of nitrogens with zero attached hydrogens (tertiary/aromatic N) is 1. The van der Waals surface area contributed by atoms with Gasteiger partial charge in [0.1, 0.15) is 4.88 Å². The first kappa shape index (κ1) is 29.8. The summed E-state index contributed by atoms with van der Waals surface area (Å²) in [5, 5.41) is 5.09. The Hall–Kier alpha value is -4.71. The van der Waals surface area contributed by atoms with Crippen LogP contribution in [0.1, 0.15) is 31.2 Å². The number of thiophene rings is 1. The van der Waals surface area contributed by atoms with Gasteiger partial charge in [0.05, 0.1) is 23.2 Å². The maximum Gasteiger partial charge on any atom is 0.355 e. The summed E-state index contributed by atoms with van der Waals surface area (Å²) in [4.78, 5) is 25.8. The molecule has 12 heteroatoms. The number of anilines is 1. The third-order valence-electron chi connectivity index (χ3n) is 6.22. The zero-order chi connectivity index (χ0) is 30.6. The Kier molecular flexibility index (Phi) is 8.76. The Balaban J connectivity index is 1.20. The number of sulfonamides is 1. The zero-order valence-electron chi connectivity index (χ0n) is 22.8. The molecule has 5 aromatic rings. The number of aryl methyl sites for hydroxylation is 1. The van der Waals surface area contributed by atoms with Gasteiger partial charge in [0, 0.05) is 21.3 Å². The van der Waals surface area contributed by atoms with Crippen molar-refractivity contribution in [2.45, 2.75) is 11.8 Å². The summed E-state index contributed by atoms with van der Waals surface area (Å²) < 4.78 is 39.5. The van der Waals surface area contributed by atoms with E-state index in [4.69, 9.17) is 21.1 Å². The van der Waals surface area contributed by atoms with Gasteiger partial charge in [-0.15, -0.1) is 11.3 Å². The molecule has 0 fully saturated rings. The predicted octanol–water partition coefficient (Wildman–Crippen LogP) is 6.66. The van der Waals surface area contributed by atoms with Gasteiger partial charge < -0.3 is 9.47 Å². The standard InChI is InChI=1S/C31H24ClN3O6S2/c1-19-7-14-23(15-8-19)43(38,39)35-22-12-10-21(11-13-22)30(36)34-33-18-20-9-16-25(26(17-20)40-2)41-31(37)29-28(32)24-5-3-4-6-27(24)42-29/h3-18,35H,1-2H3,(H,34,36)/b33-18-. The molecule has 218 valence electrons. The molecule has 0 radical (unpaired) electrons. The number of nitrogens with one attached hydrogen (secondary N) is 2. The molecular weight excluding hydrogens is 610 g/mol. The van der Waals surface area contributed by atoms with E-state index in [2.05, 4.69) is 15.2 Å². The van der Waals surface area contributed by atoms with E-state index >= 15 is 0 Å². The molecule has 0 bridgehead atoms. The van der Waals surface area contributed by atoms with Crippen molar-refractivity contribution in [2.24, 2.45) is 5.10 Å². The molecule has 5 rings (SSSR count). The van der Waals surface area contributed by atoms with E-state index in [0.717, 1.165) is 15.6 Å². The van der Waals surface area contributed by atoms with Crippen LogP contribution < -0.4 is 19.6 Å². The van der Waals surface area contributed by atoms with Crippen LogP contribution in [0.2, 0.25) is 5.02 Å². The molecule has 0 atom stereocenters. The van der Waals surface area contributed by atoms with E-state index in [-0.39, 0.29) is 26.8 Å². The Bertz CT molecular complexity index is 1950.